The molecule has 0 aliphatic rings. The molecule has 2 rings (SSSR count). The van der Waals surface area contributed by atoms with Crippen LogP contribution in [0.3, 0.4) is 0 Å². The summed E-state index contributed by atoms with van der Waals surface area (Å²) in [6, 6.07) is 7.90. The summed E-state index contributed by atoms with van der Waals surface area (Å²) < 4.78 is 40.6. The number of rotatable bonds is 3. The third kappa shape index (κ3) is 3.23. The van der Waals surface area contributed by atoms with Gasteiger partial charge in [0.25, 0.3) is 10.0 Å². The van der Waals surface area contributed by atoms with Crippen LogP contribution in [-0.2, 0) is 10.0 Å². The Morgan fingerprint density at radius 3 is 2.55 bits per heavy atom. The second-order valence-corrected chi connectivity index (χ2v) is 6.89. The van der Waals surface area contributed by atoms with Crippen LogP contribution >= 0.6 is 27.5 Å². The van der Waals surface area contributed by atoms with Gasteiger partial charge in [0.05, 0.1) is 10.7 Å². The van der Waals surface area contributed by atoms with Gasteiger partial charge in [-0.25, -0.2) is 12.8 Å². The van der Waals surface area contributed by atoms with Crippen LogP contribution in [0.15, 0.2) is 45.8 Å². The van der Waals surface area contributed by atoms with Gasteiger partial charge in [-0.2, -0.15) is 0 Å². The maximum absolute atomic E-state index is 13.6. The van der Waals surface area contributed by atoms with E-state index >= 15 is 0 Å². The molecular weight excluding hydrogens is 371 g/mol. The number of anilines is 2. The van der Waals surface area contributed by atoms with E-state index in [1.165, 1.54) is 30.3 Å². The molecule has 0 atom stereocenters. The van der Waals surface area contributed by atoms with Crippen molar-refractivity contribution in [3.05, 3.63) is 51.7 Å². The predicted octanol–water partition coefficient (Wildman–Crippen LogP) is 3.62. The number of nitrogen functional groups attached to an aromatic ring is 1. The van der Waals surface area contributed by atoms with Crippen molar-refractivity contribution in [3.63, 3.8) is 0 Å². The number of hydrogen-bond acceptors (Lipinski definition) is 3. The average Bonchev–Trinajstić information content (AvgIpc) is 2.33. The molecule has 0 saturated heterocycles. The first kappa shape index (κ1) is 15.1. The monoisotopic (exact) mass is 378 g/mol. The fourth-order valence-corrected chi connectivity index (χ4v) is 3.48. The van der Waals surface area contributed by atoms with Crippen molar-refractivity contribution >= 4 is 48.9 Å². The van der Waals surface area contributed by atoms with Gasteiger partial charge in [-0.3, -0.25) is 4.72 Å². The van der Waals surface area contributed by atoms with E-state index < -0.39 is 15.8 Å². The molecule has 0 heterocycles. The topological polar surface area (TPSA) is 72.2 Å². The van der Waals surface area contributed by atoms with Gasteiger partial charge >= 0.3 is 0 Å². The molecule has 0 spiro atoms. The Morgan fingerprint density at radius 1 is 1.20 bits per heavy atom. The average molecular weight is 380 g/mol. The maximum atomic E-state index is 13.6. The van der Waals surface area contributed by atoms with Crippen molar-refractivity contribution in [3.8, 4) is 0 Å². The summed E-state index contributed by atoms with van der Waals surface area (Å²) in [5, 5.41) is -0.0343. The van der Waals surface area contributed by atoms with Crippen molar-refractivity contribution < 1.29 is 12.8 Å². The van der Waals surface area contributed by atoms with Gasteiger partial charge in [0.1, 0.15) is 10.7 Å². The minimum absolute atomic E-state index is 0.0343. The van der Waals surface area contributed by atoms with E-state index in [-0.39, 0.29) is 15.6 Å². The van der Waals surface area contributed by atoms with Gasteiger partial charge in [-0.15, -0.1) is 0 Å². The quantitative estimate of drug-likeness (QED) is 0.800. The molecule has 0 amide bonds. The van der Waals surface area contributed by atoms with Crippen LogP contribution in [0.5, 0.6) is 0 Å². The zero-order chi connectivity index (χ0) is 14.9. The van der Waals surface area contributed by atoms with E-state index in [0.29, 0.717) is 10.2 Å². The van der Waals surface area contributed by atoms with Gasteiger partial charge < -0.3 is 5.73 Å². The number of nitrogens with one attached hydrogen (secondary N) is 1. The lowest BCUT2D eigenvalue weighted by atomic mass is 10.3. The summed E-state index contributed by atoms with van der Waals surface area (Å²) in [6.07, 6.45) is 0. The van der Waals surface area contributed by atoms with E-state index in [1.54, 1.807) is 0 Å². The molecule has 0 aliphatic carbocycles. The SMILES string of the molecule is Nc1ccc(S(=O)(=O)Nc2cc(Br)ccc2F)c(Cl)c1. The van der Waals surface area contributed by atoms with E-state index in [1.807, 2.05) is 0 Å². The highest BCUT2D eigenvalue weighted by Crippen LogP contribution is 2.27. The third-order valence-electron chi connectivity index (χ3n) is 2.42. The smallest absolute Gasteiger partial charge is 0.263 e. The largest absolute Gasteiger partial charge is 0.399 e. The molecule has 0 aliphatic heterocycles. The van der Waals surface area contributed by atoms with Crippen LogP contribution in [0.2, 0.25) is 5.02 Å². The number of benzene rings is 2. The summed E-state index contributed by atoms with van der Waals surface area (Å²) in [4.78, 5) is -0.173. The van der Waals surface area contributed by atoms with Crippen molar-refractivity contribution in [2.24, 2.45) is 0 Å². The van der Waals surface area contributed by atoms with E-state index in [9.17, 15) is 12.8 Å². The highest BCUT2D eigenvalue weighted by Gasteiger charge is 2.19. The predicted molar refractivity (Wildman–Crippen MR) is 80.8 cm³/mol. The molecule has 0 bridgehead atoms. The molecule has 0 aromatic heterocycles. The molecule has 0 fully saturated rings. The highest BCUT2D eigenvalue weighted by molar-refractivity contribution is 9.10. The zero-order valence-corrected chi connectivity index (χ0v) is 13.1. The molecule has 4 nitrogen and oxygen atoms in total. The number of nitrogens with two attached hydrogens (primary N) is 1. The second kappa shape index (κ2) is 5.59. The number of halogens is 3. The molecule has 0 unspecified atom stereocenters. The maximum Gasteiger partial charge on any atom is 0.263 e. The van der Waals surface area contributed by atoms with Gasteiger partial charge in [0, 0.05) is 10.2 Å². The number of hydrogen-bond donors (Lipinski definition) is 2. The first-order chi connectivity index (χ1) is 9.29. The lowest BCUT2D eigenvalue weighted by Crippen LogP contribution is -2.14. The van der Waals surface area contributed by atoms with Crippen molar-refractivity contribution in [1.29, 1.82) is 0 Å². The lowest BCUT2D eigenvalue weighted by Gasteiger charge is -2.11. The normalized spacial score (nSPS) is 11.3. The van der Waals surface area contributed by atoms with Gasteiger partial charge in [0.2, 0.25) is 0 Å². The molecule has 0 saturated carbocycles. The summed E-state index contributed by atoms with van der Waals surface area (Å²) in [7, 11) is -4.00. The molecule has 3 N–H and O–H groups in total. The minimum Gasteiger partial charge on any atom is -0.399 e. The Labute approximate surface area is 128 Å². The standard InChI is InChI=1S/C12H9BrClFN2O2S/c13-7-1-3-10(15)11(5-7)17-20(18,19)12-4-2-8(16)6-9(12)14/h1-6,17H,16H2. The Morgan fingerprint density at radius 2 is 1.90 bits per heavy atom. The fraction of sp³-hybridized carbons (Fsp3) is 0. The molecular formula is C12H9BrClFN2O2S. The van der Waals surface area contributed by atoms with Crippen LogP contribution in [-0.4, -0.2) is 8.42 Å². The summed E-state index contributed by atoms with van der Waals surface area (Å²) >= 11 is 8.99. The molecule has 8 heteroatoms. The van der Waals surface area contributed by atoms with Crippen molar-refractivity contribution in [2.75, 3.05) is 10.5 Å². The van der Waals surface area contributed by atoms with E-state index in [0.717, 1.165) is 6.07 Å². The molecule has 20 heavy (non-hydrogen) atoms. The second-order valence-electron chi connectivity index (χ2n) is 3.92. The molecule has 2 aromatic carbocycles. The van der Waals surface area contributed by atoms with Gasteiger partial charge in [-0.05, 0) is 36.4 Å². The summed E-state index contributed by atoms with van der Waals surface area (Å²) in [5.41, 5.74) is 5.66. The Balaban J connectivity index is 2.43. The van der Waals surface area contributed by atoms with Gasteiger partial charge in [0.15, 0.2) is 0 Å². The minimum atomic E-state index is -4.00. The zero-order valence-electron chi connectivity index (χ0n) is 9.90. The van der Waals surface area contributed by atoms with Gasteiger partial charge in [-0.1, -0.05) is 27.5 Å². The Bertz CT molecular complexity index is 768. The highest BCUT2D eigenvalue weighted by atomic mass is 79.9. The first-order valence-electron chi connectivity index (χ1n) is 5.32. The van der Waals surface area contributed by atoms with Crippen LogP contribution in [0, 0.1) is 5.82 Å². The fourth-order valence-electron chi connectivity index (χ4n) is 1.51. The van der Waals surface area contributed by atoms with Crippen molar-refractivity contribution in [2.45, 2.75) is 4.90 Å². The Kier molecular flexibility index (Phi) is 4.22. The Hall–Kier alpha value is -1.31. The lowest BCUT2D eigenvalue weighted by molar-refractivity contribution is 0.598. The van der Waals surface area contributed by atoms with E-state index in [4.69, 9.17) is 17.3 Å². The molecule has 0 radical (unpaired) electrons. The van der Waals surface area contributed by atoms with Crippen LogP contribution in [0.1, 0.15) is 0 Å². The first-order valence-corrected chi connectivity index (χ1v) is 7.98. The molecule has 106 valence electrons. The van der Waals surface area contributed by atoms with Crippen LogP contribution in [0.4, 0.5) is 15.8 Å². The van der Waals surface area contributed by atoms with Crippen LogP contribution in [0.25, 0.3) is 0 Å². The third-order valence-corrected chi connectivity index (χ3v) is 4.76. The van der Waals surface area contributed by atoms with Crippen LogP contribution < -0.4 is 10.5 Å². The van der Waals surface area contributed by atoms with Crippen molar-refractivity contribution in [1.82, 2.24) is 0 Å². The number of sulfonamides is 1. The molecule has 2 aromatic rings. The van der Waals surface area contributed by atoms with E-state index in [2.05, 4.69) is 20.7 Å². The summed E-state index contributed by atoms with van der Waals surface area (Å²) in [5.74, 6) is -0.691. The summed E-state index contributed by atoms with van der Waals surface area (Å²) in [6.45, 7) is 0.